The molecule has 1 fully saturated rings. The molecule has 3 aliphatic heterocycles. The standard InChI is InChI=1S/C18H26N8O2/c1-23-10-15(6-20-23)22-25-11-17-16(19-13-25)7-21-26(17)9-14-4-3-5-24(8-14)18(27)12-28-2/h6-7,10-11,13-14,21-22H,3-5,8-9,12H2,1-2H3. The second-order valence-electron chi connectivity index (χ2n) is 7.23. The van der Waals surface area contributed by atoms with E-state index >= 15 is 0 Å². The number of amides is 1. The Morgan fingerprint density at radius 1 is 1.46 bits per heavy atom. The SMILES string of the molecule is COCC(=O)N1CCCC(CN2NC=C3N=CN(Nc4cnn(C)c4)C=C32)C1. The van der Waals surface area contributed by atoms with Gasteiger partial charge in [0.1, 0.15) is 24.3 Å². The first-order chi connectivity index (χ1) is 13.6. The van der Waals surface area contributed by atoms with E-state index in [1.807, 2.05) is 35.6 Å². The Bertz CT molecular complexity index is 814. The van der Waals surface area contributed by atoms with Gasteiger partial charge < -0.3 is 15.1 Å². The van der Waals surface area contributed by atoms with Crippen molar-refractivity contribution in [3.05, 3.63) is 36.2 Å². The third-order valence-electron chi connectivity index (χ3n) is 5.04. The number of ether oxygens (including phenoxy) is 1. The van der Waals surface area contributed by atoms with Gasteiger partial charge in [-0.1, -0.05) is 0 Å². The molecule has 2 N–H and O–H groups in total. The average Bonchev–Trinajstić information content (AvgIpc) is 3.28. The normalized spacial score (nSPS) is 21.2. The van der Waals surface area contributed by atoms with Crippen LogP contribution < -0.4 is 10.9 Å². The Hall–Kier alpha value is -3.01. The van der Waals surface area contributed by atoms with E-state index in [9.17, 15) is 4.79 Å². The number of hydrogen-bond acceptors (Lipinski definition) is 8. The number of likely N-dealkylation sites (tertiary alicyclic amines) is 1. The summed E-state index contributed by atoms with van der Waals surface area (Å²) >= 11 is 0. The van der Waals surface area contributed by atoms with E-state index in [1.54, 1.807) is 24.3 Å². The number of methoxy groups -OCH3 is 1. The van der Waals surface area contributed by atoms with Crippen LogP contribution in [0.3, 0.4) is 0 Å². The summed E-state index contributed by atoms with van der Waals surface area (Å²) < 4.78 is 6.73. The smallest absolute Gasteiger partial charge is 0.248 e. The number of piperidine rings is 1. The highest BCUT2D eigenvalue weighted by molar-refractivity contribution is 5.77. The third-order valence-corrected chi connectivity index (χ3v) is 5.04. The minimum absolute atomic E-state index is 0.0636. The van der Waals surface area contributed by atoms with Crippen LogP contribution in [0.2, 0.25) is 0 Å². The molecule has 1 saturated heterocycles. The molecule has 1 aromatic heterocycles. The van der Waals surface area contributed by atoms with Crippen molar-refractivity contribution < 1.29 is 9.53 Å². The molecular formula is C18H26N8O2. The Morgan fingerprint density at radius 3 is 3.14 bits per heavy atom. The zero-order valence-electron chi connectivity index (χ0n) is 16.2. The molecule has 0 radical (unpaired) electrons. The molecule has 0 aliphatic carbocycles. The number of aromatic nitrogens is 2. The largest absolute Gasteiger partial charge is 0.375 e. The van der Waals surface area contributed by atoms with Crippen LogP contribution in [0.25, 0.3) is 0 Å². The van der Waals surface area contributed by atoms with E-state index in [2.05, 4.69) is 26.0 Å². The van der Waals surface area contributed by atoms with Crippen molar-refractivity contribution in [2.24, 2.45) is 18.0 Å². The second-order valence-corrected chi connectivity index (χ2v) is 7.23. The maximum absolute atomic E-state index is 12.1. The molecule has 0 saturated carbocycles. The van der Waals surface area contributed by atoms with Crippen molar-refractivity contribution in [1.29, 1.82) is 0 Å². The molecule has 0 spiro atoms. The molecule has 1 aromatic rings. The Balaban J connectivity index is 1.38. The summed E-state index contributed by atoms with van der Waals surface area (Å²) in [6, 6.07) is 0. The molecule has 150 valence electrons. The summed E-state index contributed by atoms with van der Waals surface area (Å²) in [6.07, 6.45) is 11.4. The number of aryl methyl sites for hydroxylation is 1. The minimum Gasteiger partial charge on any atom is -0.375 e. The van der Waals surface area contributed by atoms with Crippen LogP contribution in [-0.2, 0) is 16.6 Å². The molecule has 1 atom stereocenters. The van der Waals surface area contributed by atoms with E-state index in [0.29, 0.717) is 5.92 Å². The van der Waals surface area contributed by atoms with Crippen LogP contribution in [0.1, 0.15) is 12.8 Å². The maximum atomic E-state index is 12.1. The van der Waals surface area contributed by atoms with Gasteiger partial charge >= 0.3 is 0 Å². The number of hydrazine groups is 2. The first kappa shape index (κ1) is 18.4. The van der Waals surface area contributed by atoms with Gasteiger partial charge in [0.2, 0.25) is 5.91 Å². The number of nitrogens with one attached hydrogen (secondary N) is 2. The monoisotopic (exact) mass is 386 g/mol. The van der Waals surface area contributed by atoms with Gasteiger partial charge in [0.05, 0.1) is 18.1 Å². The topological polar surface area (TPSA) is 90.3 Å². The van der Waals surface area contributed by atoms with Gasteiger partial charge in [0, 0.05) is 46.2 Å². The summed E-state index contributed by atoms with van der Waals surface area (Å²) in [5, 5.41) is 8.08. The summed E-state index contributed by atoms with van der Waals surface area (Å²) in [7, 11) is 3.43. The average molecular weight is 386 g/mol. The molecule has 1 amide bonds. The van der Waals surface area contributed by atoms with E-state index in [4.69, 9.17) is 4.74 Å². The van der Waals surface area contributed by atoms with Crippen LogP contribution >= 0.6 is 0 Å². The molecule has 4 rings (SSSR count). The fourth-order valence-corrected chi connectivity index (χ4v) is 3.70. The highest BCUT2D eigenvalue weighted by atomic mass is 16.5. The van der Waals surface area contributed by atoms with Crippen LogP contribution in [0.15, 0.2) is 41.2 Å². The Morgan fingerprint density at radius 2 is 2.36 bits per heavy atom. The molecular weight excluding hydrogens is 360 g/mol. The zero-order chi connectivity index (χ0) is 19.5. The van der Waals surface area contributed by atoms with Gasteiger partial charge in [0.15, 0.2) is 0 Å². The van der Waals surface area contributed by atoms with E-state index in [1.165, 1.54) is 0 Å². The molecule has 28 heavy (non-hydrogen) atoms. The van der Waals surface area contributed by atoms with Gasteiger partial charge in [0.25, 0.3) is 0 Å². The Kier molecular flexibility index (Phi) is 5.20. The van der Waals surface area contributed by atoms with E-state index in [0.717, 1.165) is 49.6 Å². The lowest BCUT2D eigenvalue weighted by molar-refractivity contribution is -0.137. The van der Waals surface area contributed by atoms with Crippen molar-refractivity contribution >= 4 is 17.9 Å². The number of anilines is 1. The maximum Gasteiger partial charge on any atom is 0.248 e. The third kappa shape index (κ3) is 3.96. The zero-order valence-corrected chi connectivity index (χ0v) is 16.2. The van der Waals surface area contributed by atoms with Crippen molar-refractivity contribution in [2.45, 2.75) is 12.8 Å². The van der Waals surface area contributed by atoms with Crippen LogP contribution in [0.4, 0.5) is 5.69 Å². The molecule has 10 nitrogen and oxygen atoms in total. The van der Waals surface area contributed by atoms with Crippen molar-refractivity contribution in [2.75, 3.05) is 38.8 Å². The van der Waals surface area contributed by atoms with Gasteiger partial charge in [-0.2, -0.15) is 5.10 Å². The first-order valence-corrected chi connectivity index (χ1v) is 9.43. The molecule has 0 aromatic carbocycles. The number of rotatable bonds is 6. The summed E-state index contributed by atoms with van der Waals surface area (Å²) in [4.78, 5) is 18.6. The van der Waals surface area contributed by atoms with Crippen LogP contribution in [0, 0.1) is 5.92 Å². The molecule has 4 heterocycles. The van der Waals surface area contributed by atoms with Gasteiger partial charge in [-0.3, -0.25) is 19.9 Å². The number of carbonyl (C=O) groups is 1. The Labute approximate surface area is 164 Å². The summed E-state index contributed by atoms with van der Waals surface area (Å²) in [5.41, 5.74) is 9.32. The van der Waals surface area contributed by atoms with Crippen LogP contribution in [0.5, 0.6) is 0 Å². The lowest BCUT2D eigenvalue weighted by Gasteiger charge is -2.35. The van der Waals surface area contributed by atoms with Crippen LogP contribution in [-0.4, -0.2) is 70.3 Å². The predicted molar refractivity (Wildman–Crippen MR) is 104 cm³/mol. The van der Waals surface area contributed by atoms with Gasteiger partial charge in [-0.25, -0.2) is 10.0 Å². The van der Waals surface area contributed by atoms with Gasteiger partial charge in [-0.15, -0.1) is 0 Å². The van der Waals surface area contributed by atoms with Crippen molar-refractivity contribution in [3.8, 4) is 0 Å². The number of carbonyl (C=O) groups excluding carboxylic acids is 1. The minimum atomic E-state index is 0.0636. The summed E-state index contributed by atoms with van der Waals surface area (Å²) in [6.45, 7) is 2.52. The lowest BCUT2D eigenvalue weighted by atomic mass is 9.97. The lowest BCUT2D eigenvalue weighted by Crippen LogP contribution is -2.46. The highest BCUT2D eigenvalue weighted by Gasteiger charge is 2.29. The molecule has 0 bridgehead atoms. The number of nitrogens with zero attached hydrogens (tertiary/aromatic N) is 6. The van der Waals surface area contributed by atoms with E-state index in [-0.39, 0.29) is 12.5 Å². The summed E-state index contributed by atoms with van der Waals surface area (Å²) in [5.74, 6) is 0.454. The number of aliphatic imine (C=N–C) groups is 1. The number of fused-ring (bicyclic) bond motifs is 1. The molecule has 1 unspecified atom stereocenters. The second kappa shape index (κ2) is 7.93. The fourth-order valence-electron chi connectivity index (χ4n) is 3.70. The van der Waals surface area contributed by atoms with Crippen molar-refractivity contribution in [3.63, 3.8) is 0 Å². The molecule has 10 heteroatoms. The number of hydrogen-bond donors (Lipinski definition) is 2. The quantitative estimate of drug-likeness (QED) is 0.735. The molecule has 3 aliphatic rings. The van der Waals surface area contributed by atoms with E-state index < -0.39 is 0 Å². The van der Waals surface area contributed by atoms with Crippen molar-refractivity contribution in [1.82, 2.24) is 30.1 Å². The van der Waals surface area contributed by atoms with Gasteiger partial charge in [-0.05, 0) is 18.8 Å². The first-order valence-electron chi connectivity index (χ1n) is 9.43. The fraction of sp³-hybridized carbons (Fsp3) is 0.500. The predicted octanol–water partition coefficient (Wildman–Crippen LogP) is 0.479. The highest BCUT2D eigenvalue weighted by Crippen LogP contribution is 2.27.